The highest BCUT2D eigenvalue weighted by atomic mass is 16.3. The molecule has 0 unspecified atom stereocenters. The van der Waals surface area contributed by atoms with E-state index in [-0.39, 0.29) is 18.6 Å². The summed E-state index contributed by atoms with van der Waals surface area (Å²) in [4.78, 5) is 12.2. The van der Waals surface area contributed by atoms with Gasteiger partial charge >= 0.3 is 0 Å². The lowest BCUT2D eigenvalue weighted by molar-refractivity contribution is 0.0888. The van der Waals surface area contributed by atoms with Gasteiger partial charge in [-0.2, -0.15) is 0 Å². The summed E-state index contributed by atoms with van der Waals surface area (Å²) in [7, 11) is 0. The fraction of sp³-hybridized carbons (Fsp3) is 0.615. The predicted octanol–water partition coefficient (Wildman–Crippen LogP) is 1.54. The first kappa shape index (κ1) is 14.6. The Morgan fingerprint density at radius 1 is 1.56 bits per heavy atom. The molecule has 0 fully saturated rings. The van der Waals surface area contributed by atoms with Crippen LogP contribution in [0.2, 0.25) is 0 Å². The fourth-order valence-electron chi connectivity index (χ4n) is 1.82. The van der Waals surface area contributed by atoms with E-state index in [1.165, 1.54) is 0 Å². The van der Waals surface area contributed by atoms with Gasteiger partial charge in [0.1, 0.15) is 5.69 Å². The van der Waals surface area contributed by atoms with Gasteiger partial charge in [0.25, 0.3) is 5.91 Å². The summed E-state index contributed by atoms with van der Waals surface area (Å²) in [5.41, 5.74) is 6.43. The molecule has 0 spiro atoms. The number of carbonyl (C=O) groups is 1. The van der Waals surface area contributed by atoms with Gasteiger partial charge in [0.15, 0.2) is 0 Å². The van der Waals surface area contributed by atoms with Crippen LogP contribution in [0.5, 0.6) is 0 Å². The second-order valence-corrected chi connectivity index (χ2v) is 5.47. The maximum Gasteiger partial charge on any atom is 0.268 e. The smallest absolute Gasteiger partial charge is 0.268 e. The zero-order chi connectivity index (χ0) is 13.9. The Kier molecular flexibility index (Phi) is 4.40. The van der Waals surface area contributed by atoms with Gasteiger partial charge < -0.3 is 20.7 Å². The van der Waals surface area contributed by atoms with Crippen molar-refractivity contribution in [1.29, 1.82) is 0 Å². The fourth-order valence-corrected chi connectivity index (χ4v) is 1.82. The van der Waals surface area contributed by atoms with Crippen LogP contribution in [0.1, 0.15) is 50.6 Å². The van der Waals surface area contributed by atoms with Crippen LogP contribution >= 0.6 is 0 Å². The molecule has 0 radical (unpaired) electrons. The molecule has 102 valence electrons. The zero-order valence-corrected chi connectivity index (χ0v) is 11.5. The van der Waals surface area contributed by atoms with Crippen molar-refractivity contribution < 1.29 is 9.90 Å². The maximum atomic E-state index is 12.2. The zero-order valence-electron chi connectivity index (χ0n) is 11.5. The van der Waals surface area contributed by atoms with Crippen molar-refractivity contribution >= 4 is 11.6 Å². The molecule has 0 atom stereocenters. The van der Waals surface area contributed by atoms with Crippen molar-refractivity contribution in [1.82, 2.24) is 9.88 Å². The average molecular weight is 253 g/mol. The van der Waals surface area contributed by atoms with Crippen molar-refractivity contribution in [3.8, 4) is 0 Å². The van der Waals surface area contributed by atoms with Crippen LogP contribution in [0.3, 0.4) is 0 Å². The summed E-state index contributed by atoms with van der Waals surface area (Å²) in [6.07, 6.45) is 2.27. The lowest BCUT2D eigenvalue weighted by Crippen LogP contribution is -2.44. The van der Waals surface area contributed by atoms with Crippen LogP contribution in [0.4, 0.5) is 5.69 Å². The number of nitrogens with two attached hydrogens (primary N) is 1. The van der Waals surface area contributed by atoms with E-state index < -0.39 is 5.54 Å². The molecule has 0 aromatic carbocycles. The summed E-state index contributed by atoms with van der Waals surface area (Å²) in [6.45, 7) is 7.80. The van der Waals surface area contributed by atoms with Crippen LogP contribution in [0.25, 0.3) is 0 Å². The molecule has 1 aromatic heterocycles. The molecule has 1 aromatic rings. The third-order valence-electron chi connectivity index (χ3n) is 2.85. The van der Waals surface area contributed by atoms with Gasteiger partial charge in [0.2, 0.25) is 0 Å². The van der Waals surface area contributed by atoms with E-state index in [0.29, 0.717) is 17.8 Å². The van der Waals surface area contributed by atoms with Gasteiger partial charge in [-0.05, 0) is 40.2 Å². The summed E-state index contributed by atoms with van der Waals surface area (Å²) in [5.74, 6) is -0.168. The highest BCUT2D eigenvalue weighted by molar-refractivity contribution is 5.94. The molecule has 18 heavy (non-hydrogen) atoms. The SMILES string of the molecule is CC(C)n1cc(N)cc1C(=O)NC(C)(C)CCO. The summed E-state index contributed by atoms with van der Waals surface area (Å²) in [6, 6.07) is 1.84. The van der Waals surface area contributed by atoms with E-state index in [2.05, 4.69) is 5.32 Å². The molecule has 0 aliphatic rings. The molecule has 1 heterocycles. The predicted molar refractivity (Wildman–Crippen MR) is 72.5 cm³/mol. The number of aliphatic hydroxyl groups is 1. The standard InChI is InChI=1S/C13H23N3O2/c1-9(2)16-8-10(14)7-11(16)12(18)15-13(3,4)5-6-17/h7-9,17H,5-6,14H2,1-4H3,(H,15,18). The molecule has 0 aliphatic heterocycles. The highest BCUT2D eigenvalue weighted by Gasteiger charge is 2.23. The Morgan fingerprint density at radius 2 is 2.17 bits per heavy atom. The number of hydrogen-bond acceptors (Lipinski definition) is 3. The Labute approximate surface area is 108 Å². The first-order valence-corrected chi connectivity index (χ1v) is 6.17. The first-order valence-electron chi connectivity index (χ1n) is 6.17. The molecule has 0 saturated heterocycles. The summed E-state index contributed by atoms with van der Waals surface area (Å²) < 4.78 is 1.85. The molecule has 0 aliphatic carbocycles. The Hall–Kier alpha value is -1.49. The van der Waals surface area contributed by atoms with E-state index in [1.54, 1.807) is 12.3 Å². The van der Waals surface area contributed by atoms with Gasteiger partial charge in [0.05, 0.1) is 5.69 Å². The van der Waals surface area contributed by atoms with E-state index in [4.69, 9.17) is 10.8 Å². The number of hydrogen-bond donors (Lipinski definition) is 3. The third-order valence-corrected chi connectivity index (χ3v) is 2.85. The number of nitrogens with zero attached hydrogens (tertiary/aromatic N) is 1. The third kappa shape index (κ3) is 3.50. The summed E-state index contributed by atoms with van der Waals surface area (Å²) >= 11 is 0. The number of aromatic nitrogens is 1. The normalized spacial score (nSPS) is 11.9. The second kappa shape index (κ2) is 5.44. The van der Waals surface area contributed by atoms with Gasteiger partial charge in [-0.15, -0.1) is 0 Å². The molecular formula is C13H23N3O2. The van der Waals surface area contributed by atoms with Gasteiger partial charge in [0, 0.05) is 24.4 Å². The Morgan fingerprint density at radius 3 is 2.67 bits per heavy atom. The molecular weight excluding hydrogens is 230 g/mol. The topological polar surface area (TPSA) is 80.3 Å². The second-order valence-electron chi connectivity index (χ2n) is 5.47. The molecule has 4 N–H and O–H groups in total. The van der Waals surface area contributed by atoms with E-state index in [0.717, 1.165) is 0 Å². The number of aliphatic hydroxyl groups excluding tert-OH is 1. The van der Waals surface area contributed by atoms with Crippen LogP contribution in [-0.4, -0.2) is 27.7 Å². The molecule has 0 bridgehead atoms. The van der Waals surface area contributed by atoms with Crippen LogP contribution < -0.4 is 11.1 Å². The van der Waals surface area contributed by atoms with Gasteiger partial charge in [-0.3, -0.25) is 4.79 Å². The summed E-state index contributed by atoms with van der Waals surface area (Å²) in [5, 5.41) is 11.9. The number of anilines is 1. The van der Waals surface area contributed by atoms with Crippen LogP contribution in [-0.2, 0) is 0 Å². The van der Waals surface area contributed by atoms with E-state index >= 15 is 0 Å². The molecule has 1 amide bonds. The molecule has 5 heteroatoms. The van der Waals surface area contributed by atoms with Crippen molar-refractivity contribution in [2.45, 2.75) is 45.7 Å². The van der Waals surface area contributed by atoms with Crippen LogP contribution in [0.15, 0.2) is 12.3 Å². The van der Waals surface area contributed by atoms with Crippen molar-refractivity contribution in [3.05, 3.63) is 18.0 Å². The minimum atomic E-state index is -0.438. The Balaban J connectivity index is 2.91. The molecule has 1 rings (SSSR count). The quantitative estimate of drug-likeness (QED) is 0.744. The number of carbonyl (C=O) groups excluding carboxylic acids is 1. The Bertz CT molecular complexity index is 422. The number of nitrogens with one attached hydrogen (secondary N) is 1. The number of nitrogen functional groups attached to an aromatic ring is 1. The van der Waals surface area contributed by atoms with E-state index in [1.807, 2.05) is 32.3 Å². The highest BCUT2D eigenvalue weighted by Crippen LogP contribution is 2.18. The first-order chi connectivity index (χ1) is 8.26. The lowest BCUT2D eigenvalue weighted by Gasteiger charge is -2.26. The minimum absolute atomic E-state index is 0.0423. The van der Waals surface area contributed by atoms with E-state index in [9.17, 15) is 4.79 Å². The monoisotopic (exact) mass is 253 g/mol. The van der Waals surface area contributed by atoms with Crippen molar-refractivity contribution in [2.24, 2.45) is 0 Å². The van der Waals surface area contributed by atoms with Gasteiger partial charge in [-0.25, -0.2) is 0 Å². The number of rotatable bonds is 5. The van der Waals surface area contributed by atoms with Crippen molar-refractivity contribution in [2.75, 3.05) is 12.3 Å². The molecule has 0 saturated carbocycles. The minimum Gasteiger partial charge on any atom is -0.397 e. The van der Waals surface area contributed by atoms with Gasteiger partial charge in [-0.1, -0.05) is 0 Å². The number of amides is 1. The average Bonchev–Trinajstić information content (AvgIpc) is 2.59. The van der Waals surface area contributed by atoms with Crippen LogP contribution in [0, 0.1) is 0 Å². The molecule has 5 nitrogen and oxygen atoms in total. The largest absolute Gasteiger partial charge is 0.397 e. The van der Waals surface area contributed by atoms with Crippen molar-refractivity contribution in [3.63, 3.8) is 0 Å². The maximum absolute atomic E-state index is 12.2. The lowest BCUT2D eigenvalue weighted by atomic mass is 10.0.